The standard InChI is InChI=1S/C22H29F15O2/c1-2-3-4-5-6-7-8-9-10-11-12-13-15(38)39-22(36,37)21(34,35)20(32,33)19(30,31)18(28,29)16(23,24)14-17(25,26)27/h2-14H2,1H3. The van der Waals surface area contributed by atoms with Crippen molar-refractivity contribution in [2.45, 2.75) is 132 Å². The molecule has 0 unspecified atom stereocenters. The molecular weight excluding hydrogens is 581 g/mol. The molecule has 0 aliphatic carbocycles. The van der Waals surface area contributed by atoms with Crippen molar-refractivity contribution >= 4 is 5.97 Å². The van der Waals surface area contributed by atoms with Crippen LogP contribution in [0, 0.1) is 0 Å². The van der Waals surface area contributed by atoms with Gasteiger partial charge in [0.05, 0.1) is 0 Å². The second-order valence-corrected chi connectivity index (χ2v) is 9.07. The van der Waals surface area contributed by atoms with Crippen LogP contribution < -0.4 is 0 Å². The number of rotatable bonds is 19. The molecule has 39 heavy (non-hydrogen) atoms. The summed E-state index contributed by atoms with van der Waals surface area (Å²) in [5.41, 5.74) is 0. The molecule has 0 radical (unpaired) electrons. The van der Waals surface area contributed by atoms with Crippen molar-refractivity contribution in [1.82, 2.24) is 0 Å². The molecule has 0 rings (SSSR count). The Hall–Kier alpha value is -1.58. The van der Waals surface area contributed by atoms with Crippen LogP contribution >= 0.6 is 0 Å². The van der Waals surface area contributed by atoms with E-state index < -0.39 is 60.7 Å². The molecule has 0 saturated carbocycles. The summed E-state index contributed by atoms with van der Waals surface area (Å²) in [4.78, 5) is 11.4. The summed E-state index contributed by atoms with van der Waals surface area (Å²) in [7, 11) is 0. The van der Waals surface area contributed by atoms with Crippen LogP contribution in [0.3, 0.4) is 0 Å². The third-order valence-electron chi connectivity index (χ3n) is 5.66. The number of esters is 1. The SMILES string of the molecule is CCCCCCCCCCCCCC(=O)OC(F)(F)C(F)(F)C(F)(F)C(F)(F)C(F)(F)C(F)(F)CC(F)(F)F. The highest BCUT2D eigenvalue weighted by molar-refractivity contribution is 5.69. The van der Waals surface area contributed by atoms with Crippen LogP contribution in [0.25, 0.3) is 0 Å². The van der Waals surface area contributed by atoms with Crippen LogP contribution in [-0.2, 0) is 9.53 Å². The smallest absolute Gasteiger partial charge is 0.396 e. The van der Waals surface area contributed by atoms with Crippen molar-refractivity contribution in [2.75, 3.05) is 0 Å². The van der Waals surface area contributed by atoms with Gasteiger partial charge in [-0.3, -0.25) is 4.79 Å². The summed E-state index contributed by atoms with van der Waals surface area (Å²) in [6.45, 7) is 2.05. The van der Waals surface area contributed by atoms with Gasteiger partial charge in [0.2, 0.25) is 0 Å². The van der Waals surface area contributed by atoms with Gasteiger partial charge in [0.15, 0.2) is 0 Å². The Kier molecular flexibility index (Phi) is 13.3. The zero-order valence-corrected chi connectivity index (χ0v) is 20.7. The normalized spacial score (nSPS) is 14.6. The molecule has 0 aromatic heterocycles. The third-order valence-corrected chi connectivity index (χ3v) is 5.66. The summed E-state index contributed by atoms with van der Waals surface area (Å²) >= 11 is 0. The molecule has 0 aliphatic rings. The summed E-state index contributed by atoms with van der Waals surface area (Å²) in [5.74, 6) is -41.4. The van der Waals surface area contributed by atoms with Gasteiger partial charge in [0.1, 0.15) is 6.42 Å². The molecule has 0 aromatic rings. The lowest BCUT2D eigenvalue weighted by atomic mass is 9.92. The van der Waals surface area contributed by atoms with Crippen molar-refractivity contribution in [2.24, 2.45) is 0 Å². The summed E-state index contributed by atoms with van der Waals surface area (Å²) in [6.07, 6.45) is -10.7. The number of unbranched alkanes of at least 4 members (excludes halogenated alkanes) is 10. The molecule has 0 fully saturated rings. The maximum Gasteiger partial charge on any atom is 0.473 e. The molecule has 0 saturated heterocycles. The number of ether oxygens (including phenoxy) is 1. The van der Waals surface area contributed by atoms with E-state index in [0.717, 1.165) is 44.9 Å². The van der Waals surface area contributed by atoms with Crippen molar-refractivity contribution in [3.05, 3.63) is 0 Å². The average molecular weight is 610 g/mol. The minimum atomic E-state index is -8.18. The maximum absolute atomic E-state index is 13.7. The molecular formula is C22H29F15O2. The zero-order valence-electron chi connectivity index (χ0n) is 20.7. The molecule has 234 valence electrons. The van der Waals surface area contributed by atoms with Crippen LogP contribution in [0.4, 0.5) is 65.9 Å². The number of carbonyl (C=O) groups excluding carboxylic acids is 1. The summed E-state index contributed by atoms with van der Waals surface area (Å²) in [6, 6.07) is 0. The third kappa shape index (κ3) is 9.49. The second-order valence-electron chi connectivity index (χ2n) is 9.07. The Morgan fingerprint density at radius 3 is 1.26 bits per heavy atom. The highest BCUT2D eigenvalue weighted by atomic mass is 19.4. The van der Waals surface area contributed by atoms with Gasteiger partial charge in [-0.2, -0.15) is 65.9 Å². The molecule has 17 heteroatoms. The highest BCUT2D eigenvalue weighted by Crippen LogP contribution is 2.61. The maximum atomic E-state index is 13.7. The Morgan fingerprint density at radius 1 is 0.513 bits per heavy atom. The van der Waals surface area contributed by atoms with Crippen molar-refractivity contribution in [3.63, 3.8) is 0 Å². The molecule has 0 spiro atoms. The summed E-state index contributed by atoms with van der Waals surface area (Å²) < 4.78 is 201. The van der Waals surface area contributed by atoms with Crippen molar-refractivity contribution in [3.8, 4) is 0 Å². The molecule has 2 nitrogen and oxygen atoms in total. The van der Waals surface area contributed by atoms with E-state index in [9.17, 15) is 70.7 Å². The lowest BCUT2D eigenvalue weighted by Gasteiger charge is -2.40. The van der Waals surface area contributed by atoms with Gasteiger partial charge in [-0.1, -0.05) is 71.1 Å². The fourth-order valence-corrected chi connectivity index (χ4v) is 3.36. The predicted octanol–water partition coefficient (Wildman–Crippen LogP) is 9.95. The predicted molar refractivity (Wildman–Crippen MR) is 108 cm³/mol. The summed E-state index contributed by atoms with van der Waals surface area (Å²) in [5, 5.41) is 0. The molecule has 0 N–H and O–H groups in total. The Bertz CT molecular complexity index is 748. The molecule has 0 aromatic carbocycles. The van der Waals surface area contributed by atoms with Crippen molar-refractivity contribution < 1.29 is 75.4 Å². The van der Waals surface area contributed by atoms with Crippen LogP contribution in [-0.4, -0.2) is 47.9 Å². The van der Waals surface area contributed by atoms with Crippen LogP contribution in [0.5, 0.6) is 0 Å². The minimum absolute atomic E-state index is 0.154. The van der Waals surface area contributed by atoms with Crippen LogP contribution in [0.15, 0.2) is 0 Å². The number of halogens is 15. The Balaban J connectivity index is 5.16. The monoisotopic (exact) mass is 610 g/mol. The zero-order chi connectivity index (χ0) is 31.0. The van der Waals surface area contributed by atoms with E-state index in [2.05, 4.69) is 4.74 Å². The fraction of sp³-hybridized carbons (Fsp3) is 0.955. The quantitative estimate of drug-likeness (QED) is 0.0827. The molecule has 0 atom stereocenters. The van der Waals surface area contributed by atoms with Gasteiger partial charge >= 0.3 is 47.9 Å². The van der Waals surface area contributed by atoms with Crippen molar-refractivity contribution in [1.29, 1.82) is 0 Å². The topological polar surface area (TPSA) is 26.3 Å². The van der Waals surface area contributed by atoms with E-state index in [-0.39, 0.29) is 12.8 Å². The lowest BCUT2D eigenvalue weighted by Crippen LogP contribution is -2.71. The Morgan fingerprint density at radius 2 is 0.872 bits per heavy atom. The van der Waals surface area contributed by atoms with E-state index in [4.69, 9.17) is 0 Å². The first-order valence-electron chi connectivity index (χ1n) is 12.0. The Labute approximate surface area is 214 Å². The highest BCUT2D eigenvalue weighted by Gasteiger charge is 2.91. The van der Waals surface area contributed by atoms with Crippen LogP contribution in [0.2, 0.25) is 0 Å². The number of hydrogen-bond acceptors (Lipinski definition) is 2. The second kappa shape index (κ2) is 13.9. The number of hydrogen-bond donors (Lipinski definition) is 0. The molecule has 0 aliphatic heterocycles. The van der Waals surface area contributed by atoms with E-state index >= 15 is 0 Å². The average Bonchev–Trinajstić information content (AvgIpc) is 2.74. The molecule has 0 heterocycles. The van der Waals surface area contributed by atoms with Gasteiger partial charge in [-0.15, -0.1) is 0 Å². The fourth-order valence-electron chi connectivity index (χ4n) is 3.36. The number of alkyl halides is 15. The molecule has 0 bridgehead atoms. The van der Waals surface area contributed by atoms with Gasteiger partial charge in [-0.25, -0.2) is 0 Å². The molecule has 0 amide bonds. The van der Waals surface area contributed by atoms with E-state index in [1.807, 2.05) is 6.92 Å². The van der Waals surface area contributed by atoms with E-state index in [1.54, 1.807) is 0 Å². The van der Waals surface area contributed by atoms with E-state index in [1.165, 1.54) is 0 Å². The van der Waals surface area contributed by atoms with Gasteiger partial charge < -0.3 is 4.74 Å². The lowest BCUT2D eigenvalue weighted by molar-refractivity contribution is -0.453. The first-order chi connectivity index (χ1) is 17.4. The first-order valence-corrected chi connectivity index (χ1v) is 12.0. The largest absolute Gasteiger partial charge is 0.473 e. The van der Waals surface area contributed by atoms with Gasteiger partial charge in [0, 0.05) is 6.42 Å². The number of carbonyl (C=O) groups is 1. The van der Waals surface area contributed by atoms with E-state index in [0.29, 0.717) is 12.8 Å². The first kappa shape index (κ1) is 37.4. The minimum Gasteiger partial charge on any atom is -0.396 e. The van der Waals surface area contributed by atoms with Gasteiger partial charge in [-0.05, 0) is 6.42 Å². The van der Waals surface area contributed by atoms with Gasteiger partial charge in [0.25, 0.3) is 0 Å². The van der Waals surface area contributed by atoms with Crippen LogP contribution in [0.1, 0.15) is 90.4 Å².